The highest BCUT2D eigenvalue weighted by Gasteiger charge is 2.26. The Balaban J connectivity index is 1.53. The molecule has 1 saturated carbocycles. The lowest BCUT2D eigenvalue weighted by Gasteiger charge is -2.31. The predicted octanol–water partition coefficient (Wildman–Crippen LogP) is 4.06. The average molecular weight is 380 g/mol. The van der Waals surface area contributed by atoms with Crippen LogP contribution in [0.3, 0.4) is 0 Å². The van der Waals surface area contributed by atoms with E-state index in [2.05, 4.69) is 0 Å². The summed E-state index contributed by atoms with van der Waals surface area (Å²) in [6.07, 6.45) is 9.53. The molecule has 4 rings (SSSR count). The van der Waals surface area contributed by atoms with Gasteiger partial charge in [0.25, 0.3) is 5.91 Å². The monoisotopic (exact) mass is 380 g/mol. The summed E-state index contributed by atoms with van der Waals surface area (Å²) < 4.78 is 5.52. The second-order valence-electron chi connectivity index (χ2n) is 8.01. The minimum absolute atomic E-state index is 0.118. The molecule has 0 bridgehead atoms. The van der Waals surface area contributed by atoms with E-state index in [0.717, 1.165) is 73.5 Å². The second kappa shape index (κ2) is 8.29. The molecule has 0 N–H and O–H groups in total. The number of ether oxygens (including phenoxy) is 1. The molecule has 5 heteroatoms. The highest BCUT2D eigenvalue weighted by Crippen LogP contribution is 2.30. The number of rotatable bonds is 4. The first-order valence-electron chi connectivity index (χ1n) is 10.5. The molecule has 148 valence electrons. The number of aryl methyl sites for hydroxylation is 1. The number of fused-ring (bicyclic) bond motifs is 2. The third-order valence-corrected chi connectivity index (χ3v) is 6.22. The lowest BCUT2D eigenvalue weighted by atomic mass is 9.90. The second-order valence-corrected chi connectivity index (χ2v) is 8.01. The van der Waals surface area contributed by atoms with Gasteiger partial charge in [-0.1, -0.05) is 37.5 Å². The van der Waals surface area contributed by atoms with Gasteiger partial charge in [-0.15, -0.1) is 0 Å². The Morgan fingerprint density at radius 2 is 1.82 bits per heavy atom. The van der Waals surface area contributed by atoms with Gasteiger partial charge in [-0.3, -0.25) is 9.78 Å². The number of benzene rings is 1. The summed E-state index contributed by atoms with van der Waals surface area (Å²) in [5.74, 6) is -0.519. The molecular weight excluding hydrogens is 352 g/mol. The van der Waals surface area contributed by atoms with Crippen molar-refractivity contribution in [3.05, 3.63) is 41.1 Å². The highest BCUT2D eigenvalue weighted by atomic mass is 16.5. The normalized spacial score (nSPS) is 17.2. The summed E-state index contributed by atoms with van der Waals surface area (Å²) in [6.45, 7) is -0.197. The van der Waals surface area contributed by atoms with E-state index < -0.39 is 5.97 Å². The van der Waals surface area contributed by atoms with Crippen molar-refractivity contribution < 1.29 is 14.3 Å². The summed E-state index contributed by atoms with van der Waals surface area (Å²) in [6, 6.07) is 7.97. The van der Waals surface area contributed by atoms with E-state index in [1.165, 1.54) is 6.42 Å². The fourth-order valence-electron chi connectivity index (χ4n) is 4.58. The quantitative estimate of drug-likeness (QED) is 0.751. The number of hydrogen-bond donors (Lipinski definition) is 0. The largest absolute Gasteiger partial charge is 0.452 e. The van der Waals surface area contributed by atoms with Crippen LogP contribution < -0.4 is 0 Å². The number of nitrogens with zero attached hydrogens (tertiary/aromatic N) is 2. The number of carbonyl (C=O) groups excluding carboxylic acids is 2. The number of amides is 1. The number of hydrogen-bond acceptors (Lipinski definition) is 4. The van der Waals surface area contributed by atoms with Crippen molar-refractivity contribution in [3.63, 3.8) is 0 Å². The van der Waals surface area contributed by atoms with Gasteiger partial charge in [0.2, 0.25) is 0 Å². The smallest absolute Gasteiger partial charge is 0.339 e. The Hall–Kier alpha value is -2.43. The van der Waals surface area contributed by atoms with Crippen LogP contribution in [0.5, 0.6) is 0 Å². The van der Waals surface area contributed by atoms with Crippen molar-refractivity contribution in [2.75, 3.05) is 13.7 Å². The Kier molecular flexibility index (Phi) is 5.60. The third kappa shape index (κ3) is 3.75. The maximum absolute atomic E-state index is 13.0. The van der Waals surface area contributed by atoms with E-state index in [0.29, 0.717) is 5.56 Å². The van der Waals surface area contributed by atoms with Crippen molar-refractivity contribution in [1.29, 1.82) is 0 Å². The maximum atomic E-state index is 13.0. The molecule has 0 aliphatic heterocycles. The van der Waals surface area contributed by atoms with Crippen LogP contribution in [0.15, 0.2) is 24.3 Å². The first-order valence-corrected chi connectivity index (χ1v) is 10.5. The van der Waals surface area contributed by atoms with Gasteiger partial charge in [0.15, 0.2) is 6.61 Å². The first-order chi connectivity index (χ1) is 13.6. The lowest BCUT2D eigenvalue weighted by Crippen LogP contribution is -2.40. The molecule has 1 amide bonds. The fourth-order valence-corrected chi connectivity index (χ4v) is 4.58. The van der Waals surface area contributed by atoms with Gasteiger partial charge in [-0.2, -0.15) is 0 Å². The van der Waals surface area contributed by atoms with Crippen molar-refractivity contribution >= 4 is 22.8 Å². The number of likely N-dealkylation sites (N-methyl/N-ethyl adjacent to an activating group) is 1. The summed E-state index contributed by atoms with van der Waals surface area (Å²) in [5, 5.41) is 0.821. The van der Waals surface area contributed by atoms with Crippen LogP contribution >= 0.6 is 0 Å². The Morgan fingerprint density at radius 3 is 2.64 bits per heavy atom. The zero-order valence-electron chi connectivity index (χ0n) is 16.6. The van der Waals surface area contributed by atoms with Gasteiger partial charge in [-0.05, 0) is 50.2 Å². The summed E-state index contributed by atoms with van der Waals surface area (Å²) in [5.41, 5.74) is 3.43. The van der Waals surface area contributed by atoms with Gasteiger partial charge in [0.05, 0.1) is 11.1 Å². The highest BCUT2D eigenvalue weighted by molar-refractivity contribution is 6.05. The molecule has 28 heavy (non-hydrogen) atoms. The van der Waals surface area contributed by atoms with Crippen molar-refractivity contribution in [2.24, 2.45) is 0 Å². The standard InChI is InChI=1S/C23H28N2O3/c1-25(16-9-3-2-4-10-16)21(26)15-28-23(27)22-17-11-5-7-13-19(17)24-20-14-8-6-12-18(20)22/h5,7,11,13,16H,2-4,6,8-10,12,14-15H2,1H3. The average Bonchev–Trinajstić information content (AvgIpc) is 2.75. The number of aromatic nitrogens is 1. The summed E-state index contributed by atoms with van der Waals surface area (Å²) in [7, 11) is 1.83. The zero-order valence-corrected chi connectivity index (χ0v) is 16.6. The molecule has 1 heterocycles. The Labute approximate surface area is 166 Å². The van der Waals surface area contributed by atoms with E-state index in [4.69, 9.17) is 9.72 Å². The predicted molar refractivity (Wildman–Crippen MR) is 108 cm³/mol. The minimum Gasteiger partial charge on any atom is -0.452 e. The van der Waals surface area contributed by atoms with Crippen LogP contribution in [0.25, 0.3) is 10.9 Å². The number of esters is 1. The van der Waals surface area contributed by atoms with Gasteiger partial charge in [-0.25, -0.2) is 4.79 Å². The molecular formula is C23H28N2O3. The van der Waals surface area contributed by atoms with Crippen LogP contribution in [0.1, 0.15) is 66.6 Å². The van der Waals surface area contributed by atoms with E-state index in [9.17, 15) is 9.59 Å². The van der Waals surface area contributed by atoms with Crippen molar-refractivity contribution in [2.45, 2.75) is 63.8 Å². The van der Waals surface area contributed by atoms with Gasteiger partial charge in [0.1, 0.15) is 0 Å². The molecule has 0 unspecified atom stereocenters. The molecule has 2 aromatic rings. The summed E-state index contributed by atoms with van der Waals surface area (Å²) >= 11 is 0. The molecule has 1 fully saturated rings. The minimum atomic E-state index is -0.401. The van der Waals surface area contributed by atoms with Crippen LogP contribution in [0.4, 0.5) is 0 Å². The molecule has 0 atom stereocenters. The van der Waals surface area contributed by atoms with Gasteiger partial charge >= 0.3 is 5.97 Å². The molecule has 1 aromatic heterocycles. The Bertz CT molecular complexity index is 887. The van der Waals surface area contributed by atoms with Crippen LogP contribution in [0.2, 0.25) is 0 Å². The molecule has 2 aliphatic carbocycles. The maximum Gasteiger partial charge on any atom is 0.339 e. The first kappa shape index (κ1) is 18.9. The van der Waals surface area contributed by atoms with E-state index in [1.807, 2.05) is 31.3 Å². The number of para-hydroxylation sites is 1. The molecule has 2 aliphatic rings. The van der Waals surface area contributed by atoms with E-state index in [-0.39, 0.29) is 18.6 Å². The molecule has 0 saturated heterocycles. The van der Waals surface area contributed by atoms with Crippen molar-refractivity contribution in [1.82, 2.24) is 9.88 Å². The SMILES string of the molecule is CN(C(=O)COC(=O)c1c2c(nc3ccccc13)CCCC2)C1CCCCC1. The number of carbonyl (C=O) groups is 2. The molecule has 1 aromatic carbocycles. The topological polar surface area (TPSA) is 59.5 Å². The van der Waals surface area contributed by atoms with E-state index in [1.54, 1.807) is 4.90 Å². The van der Waals surface area contributed by atoms with Crippen LogP contribution in [0, 0.1) is 0 Å². The Morgan fingerprint density at radius 1 is 1.07 bits per heavy atom. The zero-order chi connectivity index (χ0) is 19.5. The third-order valence-electron chi connectivity index (χ3n) is 6.22. The lowest BCUT2D eigenvalue weighted by molar-refractivity contribution is -0.135. The number of pyridine rings is 1. The van der Waals surface area contributed by atoms with Gasteiger partial charge in [0, 0.05) is 24.2 Å². The van der Waals surface area contributed by atoms with Crippen molar-refractivity contribution in [3.8, 4) is 0 Å². The molecule has 0 radical (unpaired) electrons. The van der Waals surface area contributed by atoms with Crippen LogP contribution in [-0.4, -0.2) is 41.5 Å². The summed E-state index contributed by atoms with van der Waals surface area (Å²) in [4.78, 5) is 32.1. The van der Waals surface area contributed by atoms with Crippen LogP contribution in [-0.2, 0) is 22.4 Å². The molecule has 5 nitrogen and oxygen atoms in total. The molecule has 0 spiro atoms. The van der Waals surface area contributed by atoms with Gasteiger partial charge < -0.3 is 9.64 Å². The van der Waals surface area contributed by atoms with E-state index >= 15 is 0 Å². The fraction of sp³-hybridized carbons (Fsp3) is 0.522.